The smallest absolute Gasteiger partial charge is 0.168 e. The van der Waals surface area contributed by atoms with Gasteiger partial charge >= 0.3 is 0 Å². The number of aromatic nitrogens is 1. The predicted molar refractivity (Wildman–Crippen MR) is 69.0 cm³/mol. The molecule has 0 spiro atoms. The second-order valence-corrected chi connectivity index (χ2v) is 4.44. The molecule has 1 aromatic heterocycles. The van der Waals surface area contributed by atoms with Crippen molar-refractivity contribution in [3.05, 3.63) is 59.2 Å². The predicted octanol–water partition coefficient (Wildman–Crippen LogP) is 4.20. The quantitative estimate of drug-likeness (QED) is 0.557. The van der Waals surface area contributed by atoms with Gasteiger partial charge in [0.1, 0.15) is 11.6 Å². The first-order chi connectivity index (χ1) is 10.0. The number of fused-ring (bicyclic) bond motifs is 1. The van der Waals surface area contributed by atoms with Gasteiger partial charge in [-0.3, -0.25) is 4.79 Å². The largest absolute Gasteiger partial charge is 0.351 e. The molecule has 0 radical (unpaired) electrons. The van der Waals surface area contributed by atoms with Crippen LogP contribution in [0.4, 0.5) is 17.6 Å². The van der Waals surface area contributed by atoms with Gasteiger partial charge in [-0.2, -0.15) is 0 Å². The molecule has 0 atom stereocenters. The molecule has 106 valence electrons. The third-order valence-corrected chi connectivity index (χ3v) is 3.20. The average molecular weight is 293 g/mol. The summed E-state index contributed by atoms with van der Waals surface area (Å²) in [6.45, 7) is 0. The third-order valence-electron chi connectivity index (χ3n) is 3.20. The van der Waals surface area contributed by atoms with Crippen molar-refractivity contribution in [2.45, 2.75) is 0 Å². The molecule has 0 saturated carbocycles. The van der Waals surface area contributed by atoms with Crippen molar-refractivity contribution in [1.29, 1.82) is 0 Å². The SMILES string of the molecule is O=Cc1c(-c2cccc(F)c2F)[nH]c2c(F)cc(F)cc12. The Balaban J connectivity index is 2.40. The van der Waals surface area contributed by atoms with E-state index in [0.717, 1.165) is 12.1 Å². The molecule has 2 nitrogen and oxygen atoms in total. The zero-order chi connectivity index (χ0) is 15.1. The maximum atomic E-state index is 13.8. The van der Waals surface area contributed by atoms with Gasteiger partial charge in [0.05, 0.1) is 11.2 Å². The Morgan fingerprint density at radius 3 is 2.48 bits per heavy atom. The summed E-state index contributed by atoms with van der Waals surface area (Å²) in [6, 6.07) is 5.01. The van der Waals surface area contributed by atoms with Crippen LogP contribution < -0.4 is 0 Å². The summed E-state index contributed by atoms with van der Waals surface area (Å²) in [5, 5.41) is -0.0267. The van der Waals surface area contributed by atoms with E-state index in [-0.39, 0.29) is 27.7 Å². The third kappa shape index (κ3) is 1.99. The summed E-state index contributed by atoms with van der Waals surface area (Å²) in [5.41, 5.74) is -0.598. The van der Waals surface area contributed by atoms with Crippen LogP contribution in [0.5, 0.6) is 0 Å². The standard InChI is InChI=1S/C15H7F4NO/c16-7-4-9-10(6-21)14(20-15(9)12(18)5-7)8-2-1-3-11(17)13(8)19/h1-6,20H. The van der Waals surface area contributed by atoms with Crippen LogP contribution in [0.3, 0.4) is 0 Å². The van der Waals surface area contributed by atoms with Crippen molar-refractivity contribution in [2.24, 2.45) is 0 Å². The Bertz CT molecular complexity index is 870. The van der Waals surface area contributed by atoms with Gasteiger partial charge < -0.3 is 4.98 Å². The molecule has 21 heavy (non-hydrogen) atoms. The molecule has 6 heteroatoms. The van der Waals surface area contributed by atoms with E-state index >= 15 is 0 Å². The van der Waals surface area contributed by atoms with E-state index in [2.05, 4.69) is 4.98 Å². The van der Waals surface area contributed by atoms with Gasteiger partial charge in [-0.25, -0.2) is 17.6 Å². The van der Waals surface area contributed by atoms with Crippen molar-refractivity contribution in [2.75, 3.05) is 0 Å². The van der Waals surface area contributed by atoms with Gasteiger partial charge in [0.25, 0.3) is 0 Å². The first-order valence-electron chi connectivity index (χ1n) is 5.93. The van der Waals surface area contributed by atoms with Crippen molar-refractivity contribution >= 4 is 17.2 Å². The Labute approximate surface area is 116 Å². The number of hydrogen-bond donors (Lipinski definition) is 1. The van der Waals surface area contributed by atoms with Crippen LogP contribution in [0.1, 0.15) is 10.4 Å². The maximum absolute atomic E-state index is 13.8. The average Bonchev–Trinajstić information content (AvgIpc) is 2.80. The fourth-order valence-electron chi connectivity index (χ4n) is 2.27. The van der Waals surface area contributed by atoms with Gasteiger partial charge in [-0.15, -0.1) is 0 Å². The number of benzene rings is 2. The number of aldehydes is 1. The van der Waals surface area contributed by atoms with Gasteiger partial charge in [-0.1, -0.05) is 6.07 Å². The normalized spacial score (nSPS) is 11.0. The molecule has 0 aliphatic carbocycles. The van der Waals surface area contributed by atoms with E-state index in [4.69, 9.17) is 0 Å². The number of hydrogen-bond acceptors (Lipinski definition) is 1. The number of carbonyl (C=O) groups is 1. The summed E-state index contributed by atoms with van der Waals surface area (Å²) < 4.78 is 54.1. The van der Waals surface area contributed by atoms with Crippen molar-refractivity contribution < 1.29 is 22.4 Å². The van der Waals surface area contributed by atoms with Crippen LogP contribution in [-0.4, -0.2) is 11.3 Å². The Morgan fingerprint density at radius 2 is 1.76 bits per heavy atom. The maximum Gasteiger partial charge on any atom is 0.168 e. The van der Waals surface area contributed by atoms with Crippen LogP contribution in [0.15, 0.2) is 30.3 Å². The van der Waals surface area contributed by atoms with Gasteiger partial charge in [-0.05, 0) is 18.2 Å². The lowest BCUT2D eigenvalue weighted by molar-refractivity contribution is 0.112. The number of halogens is 4. The van der Waals surface area contributed by atoms with Gasteiger partial charge in [0.2, 0.25) is 0 Å². The molecule has 0 bridgehead atoms. The first-order valence-corrected chi connectivity index (χ1v) is 5.93. The Morgan fingerprint density at radius 1 is 1.00 bits per heavy atom. The molecule has 0 amide bonds. The number of rotatable bonds is 2. The first kappa shape index (κ1) is 13.4. The van der Waals surface area contributed by atoms with Gasteiger partial charge in [0.15, 0.2) is 17.9 Å². The van der Waals surface area contributed by atoms with E-state index in [1.807, 2.05) is 0 Å². The molecule has 3 rings (SSSR count). The second-order valence-electron chi connectivity index (χ2n) is 4.44. The number of carbonyl (C=O) groups excluding carboxylic acids is 1. The number of aromatic amines is 1. The highest BCUT2D eigenvalue weighted by Gasteiger charge is 2.20. The fourth-order valence-corrected chi connectivity index (χ4v) is 2.27. The number of H-pyrrole nitrogens is 1. The molecular formula is C15H7F4NO. The molecular weight excluding hydrogens is 286 g/mol. The van der Waals surface area contributed by atoms with Crippen molar-refractivity contribution in [3.63, 3.8) is 0 Å². The molecule has 1 N–H and O–H groups in total. The van der Waals surface area contributed by atoms with Crippen molar-refractivity contribution in [3.8, 4) is 11.3 Å². The molecule has 0 aliphatic heterocycles. The van der Waals surface area contributed by atoms with E-state index in [1.165, 1.54) is 12.1 Å². The molecule has 2 aromatic carbocycles. The van der Waals surface area contributed by atoms with Crippen LogP contribution in [-0.2, 0) is 0 Å². The van der Waals surface area contributed by atoms with Crippen molar-refractivity contribution in [1.82, 2.24) is 4.98 Å². The molecule has 1 heterocycles. The van der Waals surface area contributed by atoms with E-state index < -0.39 is 23.3 Å². The highest BCUT2D eigenvalue weighted by Crippen LogP contribution is 2.33. The highest BCUT2D eigenvalue weighted by molar-refractivity contribution is 6.04. The highest BCUT2D eigenvalue weighted by atomic mass is 19.2. The summed E-state index contributed by atoms with van der Waals surface area (Å²) in [5.74, 6) is -4.06. The van der Waals surface area contributed by atoms with E-state index in [0.29, 0.717) is 12.4 Å². The van der Waals surface area contributed by atoms with Crippen LogP contribution in [0.2, 0.25) is 0 Å². The fraction of sp³-hybridized carbons (Fsp3) is 0. The van der Waals surface area contributed by atoms with E-state index in [1.54, 1.807) is 0 Å². The second kappa shape index (κ2) is 4.73. The zero-order valence-electron chi connectivity index (χ0n) is 10.4. The Kier molecular flexibility index (Phi) is 3.01. The van der Waals surface area contributed by atoms with Crippen LogP contribution in [0.25, 0.3) is 22.2 Å². The van der Waals surface area contributed by atoms with Crippen LogP contribution in [0, 0.1) is 23.3 Å². The summed E-state index contributed by atoms with van der Waals surface area (Å²) in [7, 11) is 0. The monoisotopic (exact) mass is 293 g/mol. The Hall–Kier alpha value is -2.63. The minimum Gasteiger partial charge on any atom is -0.351 e. The minimum absolute atomic E-state index is 0.0267. The molecule has 0 unspecified atom stereocenters. The summed E-state index contributed by atoms with van der Waals surface area (Å²) in [4.78, 5) is 13.7. The van der Waals surface area contributed by atoms with E-state index in [9.17, 15) is 22.4 Å². The minimum atomic E-state index is -1.17. The molecule has 0 fully saturated rings. The molecule has 0 aliphatic rings. The van der Waals surface area contributed by atoms with Crippen LogP contribution >= 0.6 is 0 Å². The lowest BCUT2D eigenvalue weighted by Crippen LogP contribution is -1.92. The molecule has 3 aromatic rings. The lowest BCUT2D eigenvalue weighted by atomic mass is 10.1. The summed E-state index contributed by atoms with van der Waals surface area (Å²) in [6.07, 6.45) is 0.345. The number of nitrogens with one attached hydrogen (secondary N) is 1. The molecule has 0 saturated heterocycles. The summed E-state index contributed by atoms with van der Waals surface area (Å²) >= 11 is 0. The lowest BCUT2D eigenvalue weighted by Gasteiger charge is -2.02. The zero-order valence-corrected chi connectivity index (χ0v) is 10.4. The topological polar surface area (TPSA) is 32.9 Å². The van der Waals surface area contributed by atoms with Gasteiger partial charge in [0, 0.05) is 22.6 Å².